The number of benzene rings is 1. The summed E-state index contributed by atoms with van der Waals surface area (Å²) in [4.78, 5) is 12.5. The molecule has 5 heteroatoms. The molecular weight excluding hydrogens is 304 g/mol. The predicted molar refractivity (Wildman–Crippen MR) is 94.1 cm³/mol. The maximum atomic E-state index is 12.5. The number of rotatable bonds is 5. The van der Waals surface area contributed by atoms with Gasteiger partial charge in [0, 0.05) is 17.8 Å². The van der Waals surface area contributed by atoms with Gasteiger partial charge in [0.1, 0.15) is 12.4 Å². The van der Waals surface area contributed by atoms with Crippen molar-refractivity contribution in [3.8, 4) is 5.75 Å². The summed E-state index contributed by atoms with van der Waals surface area (Å²) in [6.07, 6.45) is 6.32. The molecule has 1 aromatic carbocycles. The molecule has 5 nitrogen and oxygen atoms in total. The van der Waals surface area contributed by atoms with Crippen molar-refractivity contribution in [2.75, 3.05) is 18.5 Å². The van der Waals surface area contributed by atoms with Gasteiger partial charge < -0.3 is 20.5 Å². The van der Waals surface area contributed by atoms with E-state index in [2.05, 4.69) is 5.32 Å². The Morgan fingerprint density at radius 3 is 2.75 bits per heavy atom. The summed E-state index contributed by atoms with van der Waals surface area (Å²) in [6, 6.07) is 7.51. The first kappa shape index (κ1) is 17.2. The molecule has 1 saturated heterocycles. The first-order valence-electron chi connectivity index (χ1n) is 8.99. The van der Waals surface area contributed by atoms with Crippen molar-refractivity contribution in [3.63, 3.8) is 0 Å². The minimum absolute atomic E-state index is 0.0210. The summed E-state index contributed by atoms with van der Waals surface area (Å²) in [6.45, 7) is 3.40. The van der Waals surface area contributed by atoms with Crippen LogP contribution in [0, 0.1) is 5.92 Å². The number of nitrogens with one attached hydrogen (secondary N) is 1. The maximum Gasteiger partial charge on any atom is 0.229 e. The van der Waals surface area contributed by atoms with Gasteiger partial charge in [-0.25, -0.2) is 0 Å². The predicted octanol–water partition coefficient (Wildman–Crippen LogP) is 3.09. The number of amides is 1. The highest BCUT2D eigenvalue weighted by molar-refractivity contribution is 5.93. The fourth-order valence-electron chi connectivity index (χ4n) is 3.62. The van der Waals surface area contributed by atoms with Gasteiger partial charge in [0.25, 0.3) is 0 Å². The summed E-state index contributed by atoms with van der Waals surface area (Å²) >= 11 is 0. The number of hydrogen-bond acceptors (Lipinski definition) is 4. The van der Waals surface area contributed by atoms with E-state index < -0.39 is 5.54 Å². The molecule has 0 aromatic heterocycles. The number of carbonyl (C=O) groups excluding carboxylic acids is 1. The minimum atomic E-state index is -0.410. The van der Waals surface area contributed by atoms with Gasteiger partial charge in [0.15, 0.2) is 0 Å². The molecule has 1 aliphatic heterocycles. The van der Waals surface area contributed by atoms with Gasteiger partial charge in [-0.2, -0.15) is 0 Å². The van der Waals surface area contributed by atoms with E-state index in [0.29, 0.717) is 6.61 Å². The second-order valence-electron chi connectivity index (χ2n) is 7.26. The highest BCUT2D eigenvalue weighted by Gasteiger charge is 2.37. The molecule has 24 heavy (non-hydrogen) atoms. The van der Waals surface area contributed by atoms with Crippen LogP contribution in [0.15, 0.2) is 24.3 Å². The second-order valence-corrected chi connectivity index (χ2v) is 7.26. The number of ether oxygens (including phenoxy) is 2. The molecule has 1 amide bonds. The van der Waals surface area contributed by atoms with E-state index in [1.165, 1.54) is 0 Å². The molecule has 3 atom stereocenters. The number of hydrogen-bond donors (Lipinski definition) is 2. The number of nitrogens with two attached hydrogens (primary N) is 1. The van der Waals surface area contributed by atoms with Crippen molar-refractivity contribution >= 4 is 11.6 Å². The Hall–Kier alpha value is -1.59. The van der Waals surface area contributed by atoms with Gasteiger partial charge in [0.2, 0.25) is 5.91 Å². The number of carbonyl (C=O) groups is 1. The van der Waals surface area contributed by atoms with Crippen LogP contribution in [0.5, 0.6) is 5.75 Å². The van der Waals surface area contributed by atoms with Crippen molar-refractivity contribution in [2.45, 2.75) is 57.1 Å². The molecule has 3 unspecified atom stereocenters. The van der Waals surface area contributed by atoms with Crippen molar-refractivity contribution in [1.82, 2.24) is 0 Å². The third-order valence-electron chi connectivity index (χ3n) is 5.15. The zero-order valence-electron chi connectivity index (χ0n) is 14.4. The first-order valence-corrected chi connectivity index (χ1v) is 8.99. The van der Waals surface area contributed by atoms with Crippen LogP contribution in [0.1, 0.15) is 45.4 Å². The van der Waals surface area contributed by atoms with Crippen LogP contribution >= 0.6 is 0 Å². The lowest BCUT2D eigenvalue weighted by Crippen LogP contribution is -2.51. The zero-order valence-corrected chi connectivity index (χ0v) is 14.4. The smallest absolute Gasteiger partial charge is 0.229 e. The largest absolute Gasteiger partial charge is 0.491 e. The highest BCUT2D eigenvalue weighted by Crippen LogP contribution is 2.32. The van der Waals surface area contributed by atoms with E-state index in [-0.39, 0.29) is 17.9 Å². The SMILES string of the molecule is CC1(N)CCCCC1C(=O)Nc1ccc(OCC2CCCO2)cc1. The van der Waals surface area contributed by atoms with Crippen LogP contribution in [0.25, 0.3) is 0 Å². The average Bonchev–Trinajstić information content (AvgIpc) is 3.07. The monoisotopic (exact) mass is 332 g/mol. The lowest BCUT2D eigenvalue weighted by Gasteiger charge is -2.37. The van der Waals surface area contributed by atoms with Crippen LogP contribution in [0.2, 0.25) is 0 Å². The van der Waals surface area contributed by atoms with Crippen LogP contribution < -0.4 is 15.8 Å². The Kier molecular flexibility index (Phi) is 5.41. The third-order valence-corrected chi connectivity index (χ3v) is 5.15. The van der Waals surface area contributed by atoms with E-state index in [1.54, 1.807) is 0 Å². The Morgan fingerprint density at radius 2 is 2.08 bits per heavy atom. The van der Waals surface area contributed by atoms with Gasteiger partial charge in [0.05, 0.1) is 12.0 Å². The van der Waals surface area contributed by atoms with Gasteiger partial charge in [-0.3, -0.25) is 4.79 Å². The van der Waals surface area contributed by atoms with E-state index in [0.717, 1.165) is 56.6 Å². The van der Waals surface area contributed by atoms with Crippen molar-refractivity contribution < 1.29 is 14.3 Å². The molecule has 1 heterocycles. The topological polar surface area (TPSA) is 73.6 Å². The van der Waals surface area contributed by atoms with Gasteiger partial charge >= 0.3 is 0 Å². The molecule has 3 rings (SSSR count). The van der Waals surface area contributed by atoms with E-state index in [1.807, 2.05) is 31.2 Å². The fraction of sp³-hybridized carbons (Fsp3) is 0.632. The maximum absolute atomic E-state index is 12.5. The summed E-state index contributed by atoms with van der Waals surface area (Å²) in [5.41, 5.74) is 6.68. The quantitative estimate of drug-likeness (QED) is 0.869. The molecule has 2 fully saturated rings. The summed E-state index contributed by atoms with van der Waals surface area (Å²) in [5, 5.41) is 2.99. The molecule has 0 bridgehead atoms. The Balaban J connectivity index is 1.52. The summed E-state index contributed by atoms with van der Waals surface area (Å²) < 4.78 is 11.3. The van der Waals surface area contributed by atoms with Gasteiger partial charge in [-0.05, 0) is 56.9 Å². The summed E-state index contributed by atoms with van der Waals surface area (Å²) in [7, 11) is 0. The van der Waals surface area contributed by atoms with Crippen molar-refractivity contribution in [1.29, 1.82) is 0 Å². The van der Waals surface area contributed by atoms with E-state index >= 15 is 0 Å². The van der Waals surface area contributed by atoms with Crippen LogP contribution in [-0.4, -0.2) is 30.8 Å². The van der Waals surface area contributed by atoms with E-state index in [9.17, 15) is 4.79 Å². The molecular formula is C19H28N2O3. The fourth-order valence-corrected chi connectivity index (χ4v) is 3.62. The standard InChI is InChI=1S/C19H28N2O3/c1-19(20)11-3-2-6-17(19)18(22)21-14-7-9-15(10-8-14)24-13-16-5-4-12-23-16/h7-10,16-17H,2-6,11-13,20H2,1H3,(H,21,22). The van der Waals surface area contributed by atoms with Gasteiger partial charge in [-0.1, -0.05) is 12.8 Å². The molecule has 2 aliphatic rings. The number of anilines is 1. The van der Waals surface area contributed by atoms with Crippen molar-refractivity contribution in [3.05, 3.63) is 24.3 Å². The molecule has 0 radical (unpaired) electrons. The van der Waals surface area contributed by atoms with Crippen LogP contribution in [0.3, 0.4) is 0 Å². The molecule has 1 aliphatic carbocycles. The van der Waals surface area contributed by atoms with E-state index in [4.69, 9.17) is 15.2 Å². The second kappa shape index (κ2) is 7.53. The zero-order chi connectivity index (χ0) is 17.0. The Labute approximate surface area is 143 Å². The third kappa shape index (κ3) is 4.28. The van der Waals surface area contributed by atoms with Crippen molar-refractivity contribution in [2.24, 2.45) is 11.7 Å². The average molecular weight is 332 g/mol. The van der Waals surface area contributed by atoms with Gasteiger partial charge in [-0.15, -0.1) is 0 Å². The normalized spacial score (nSPS) is 30.1. The van der Waals surface area contributed by atoms with Crippen LogP contribution in [0.4, 0.5) is 5.69 Å². The highest BCUT2D eigenvalue weighted by atomic mass is 16.5. The first-order chi connectivity index (χ1) is 11.5. The molecule has 0 spiro atoms. The Morgan fingerprint density at radius 1 is 1.29 bits per heavy atom. The molecule has 3 N–H and O–H groups in total. The van der Waals surface area contributed by atoms with Crippen LogP contribution in [-0.2, 0) is 9.53 Å². The molecule has 1 aromatic rings. The Bertz CT molecular complexity index is 550. The summed E-state index contributed by atoms with van der Waals surface area (Å²) in [5.74, 6) is 0.694. The lowest BCUT2D eigenvalue weighted by atomic mass is 9.74. The lowest BCUT2D eigenvalue weighted by molar-refractivity contribution is -0.122. The molecule has 1 saturated carbocycles. The molecule has 132 valence electrons. The minimum Gasteiger partial charge on any atom is -0.491 e.